The minimum Gasteiger partial charge on any atom is -0.481 e. The highest BCUT2D eigenvalue weighted by atomic mass is 127. The van der Waals surface area contributed by atoms with Gasteiger partial charge >= 0.3 is 5.97 Å². The minimum atomic E-state index is -0.742. The van der Waals surface area contributed by atoms with Crippen molar-refractivity contribution >= 4 is 28.6 Å². The molecule has 1 aliphatic carbocycles. The fourth-order valence-electron chi connectivity index (χ4n) is 4.10. The van der Waals surface area contributed by atoms with Crippen LogP contribution in [0.3, 0.4) is 0 Å². The average molecular weight is 472 g/mol. The lowest BCUT2D eigenvalue weighted by Crippen LogP contribution is -2.20. The molecule has 0 aromatic heterocycles. The zero-order chi connectivity index (χ0) is 19.1. The van der Waals surface area contributed by atoms with E-state index < -0.39 is 12.1 Å². The molecule has 0 amide bonds. The molecule has 2 rings (SSSR count). The van der Waals surface area contributed by atoms with Crippen molar-refractivity contribution in [3.05, 3.63) is 47.0 Å². The van der Waals surface area contributed by atoms with Gasteiger partial charge in [0.15, 0.2) is 0 Å². The van der Waals surface area contributed by atoms with Gasteiger partial charge in [0.2, 0.25) is 0 Å². The van der Waals surface area contributed by atoms with Gasteiger partial charge in [-0.05, 0) is 80.9 Å². The van der Waals surface area contributed by atoms with Crippen molar-refractivity contribution in [2.75, 3.05) is 0 Å². The molecule has 0 heterocycles. The third-order valence-electron chi connectivity index (χ3n) is 5.63. The maximum Gasteiger partial charge on any atom is 0.303 e. The number of benzene rings is 1. The van der Waals surface area contributed by atoms with E-state index in [2.05, 4.69) is 66.8 Å². The normalized spacial score (nSPS) is 25.8. The average Bonchev–Trinajstić information content (AvgIpc) is 2.84. The number of carboxylic acids is 1. The van der Waals surface area contributed by atoms with Gasteiger partial charge in [-0.2, -0.15) is 0 Å². The molecule has 1 fully saturated rings. The Labute approximate surface area is 170 Å². The van der Waals surface area contributed by atoms with E-state index in [0.29, 0.717) is 12.3 Å². The van der Waals surface area contributed by atoms with Crippen molar-refractivity contribution in [2.24, 2.45) is 11.8 Å². The molecule has 26 heavy (non-hydrogen) atoms. The molecule has 2 unspecified atom stereocenters. The van der Waals surface area contributed by atoms with E-state index in [4.69, 9.17) is 5.11 Å². The van der Waals surface area contributed by atoms with Gasteiger partial charge in [0.25, 0.3) is 0 Å². The second kappa shape index (κ2) is 10.4. The number of carboxylic acid groups (broad SMARTS) is 1. The Morgan fingerprint density at radius 1 is 1.31 bits per heavy atom. The number of aliphatic carboxylic acids is 1. The summed E-state index contributed by atoms with van der Waals surface area (Å²) in [7, 11) is 0. The molecule has 0 bridgehead atoms. The molecular formula is C22H30FIO2. The van der Waals surface area contributed by atoms with Crippen molar-refractivity contribution < 1.29 is 14.3 Å². The highest BCUT2D eigenvalue weighted by Crippen LogP contribution is 2.43. The number of aryl methyl sites for hydroxylation is 2. The molecule has 144 valence electrons. The summed E-state index contributed by atoms with van der Waals surface area (Å²) >= 11 is 2.27. The van der Waals surface area contributed by atoms with Gasteiger partial charge in [-0.1, -0.05) is 52.9 Å². The van der Waals surface area contributed by atoms with Crippen LogP contribution in [0.25, 0.3) is 0 Å². The Morgan fingerprint density at radius 3 is 2.65 bits per heavy atom. The minimum absolute atomic E-state index is 0.112. The lowest BCUT2D eigenvalue weighted by atomic mass is 9.85. The quantitative estimate of drug-likeness (QED) is 0.201. The summed E-state index contributed by atoms with van der Waals surface area (Å²) < 4.78 is 14.9. The van der Waals surface area contributed by atoms with Crippen LogP contribution in [0.4, 0.5) is 4.39 Å². The lowest BCUT2D eigenvalue weighted by molar-refractivity contribution is -0.137. The Hall–Kier alpha value is -0.910. The number of alkyl halides is 2. The molecule has 4 heteroatoms. The van der Waals surface area contributed by atoms with Gasteiger partial charge in [-0.3, -0.25) is 4.79 Å². The van der Waals surface area contributed by atoms with Crippen LogP contribution in [0.1, 0.15) is 55.2 Å². The first-order chi connectivity index (χ1) is 12.4. The zero-order valence-corrected chi connectivity index (χ0v) is 17.9. The van der Waals surface area contributed by atoms with Gasteiger partial charge in [0.05, 0.1) is 0 Å². The first-order valence-corrected chi connectivity index (χ1v) is 10.8. The second-order valence-electron chi connectivity index (χ2n) is 7.52. The van der Waals surface area contributed by atoms with Crippen molar-refractivity contribution in [3.8, 4) is 0 Å². The van der Waals surface area contributed by atoms with Crippen LogP contribution in [0, 0.1) is 25.7 Å². The Morgan fingerprint density at radius 2 is 2.00 bits per heavy atom. The first-order valence-electron chi connectivity index (χ1n) is 9.60. The van der Waals surface area contributed by atoms with Gasteiger partial charge in [0.1, 0.15) is 6.17 Å². The largest absolute Gasteiger partial charge is 0.481 e. The van der Waals surface area contributed by atoms with E-state index in [0.717, 1.165) is 32.1 Å². The maximum atomic E-state index is 14.8. The third-order valence-corrected chi connectivity index (χ3v) is 6.82. The second-order valence-corrected chi connectivity index (χ2v) is 9.12. The van der Waals surface area contributed by atoms with E-state index >= 15 is 0 Å². The standard InChI is InChI=1S/C22H30FIO2/c1-15-8-7-9-16(2)18(15)12-13-19-17(14-20(24)22(19)23)10-5-3-4-6-11-21(25)26/h3,5,7-9,17,19-20,22H,4,6,10-14H2,1-2H3,(H,25,26)/b5-3-/t17-,19+,20?,22?/m0/s1. The smallest absolute Gasteiger partial charge is 0.303 e. The molecule has 1 aliphatic rings. The van der Waals surface area contributed by atoms with E-state index in [-0.39, 0.29) is 16.3 Å². The highest BCUT2D eigenvalue weighted by molar-refractivity contribution is 14.1. The first kappa shape index (κ1) is 21.4. The maximum absolute atomic E-state index is 14.8. The Balaban J connectivity index is 1.90. The van der Waals surface area contributed by atoms with Crippen LogP contribution in [-0.2, 0) is 11.2 Å². The van der Waals surface area contributed by atoms with Crippen molar-refractivity contribution in [3.63, 3.8) is 0 Å². The molecular weight excluding hydrogens is 442 g/mol. The van der Waals surface area contributed by atoms with Crippen LogP contribution < -0.4 is 0 Å². The SMILES string of the molecule is Cc1cccc(C)c1CC[C@H]1C(F)C(I)C[C@@H]1C/C=C\CCCC(=O)O. The molecule has 1 N–H and O–H groups in total. The summed E-state index contributed by atoms with van der Waals surface area (Å²) in [5.41, 5.74) is 3.98. The van der Waals surface area contributed by atoms with Gasteiger partial charge in [0, 0.05) is 10.3 Å². The summed E-state index contributed by atoms with van der Waals surface area (Å²) in [5.74, 6) is -0.222. The summed E-state index contributed by atoms with van der Waals surface area (Å²) in [6.45, 7) is 4.28. The molecule has 0 radical (unpaired) electrons. The fraction of sp³-hybridized carbons (Fsp3) is 0.591. The summed E-state index contributed by atoms with van der Waals surface area (Å²) in [5, 5.41) is 8.66. The number of rotatable bonds is 9. The molecule has 0 aliphatic heterocycles. The number of allylic oxidation sites excluding steroid dienone is 2. The third kappa shape index (κ3) is 6.07. The monoisotopic (exact) mass is 472 g/mol. The van der Waals surface area contributed by atoms with E-state index in [1.807, 2.05) is 0 Å². The molecule has 1 aromatic rings. The summed E-state index contributed by atoms with van der Waals surface area (Å²) in [6.07, 6.45) is 8.88. The van der Waals surface area contributed by atoms with Crippen LogP contribution >= 0.6 is 22.6 Å². The van der Waals surface area contributed by atoms with Crippen molar-refractivity contribution in [1.82, 2.24) is 0 Å². The highest BCUT2D eigenvalue weighted by Gasteiger charge is 2.41. The number of unbranched alkanes of at least 4 members (excludes halogenated alkanes) is 1. The molecule has 2 nitrogen and oxygen atoms in total. The van der Waals surface area contributed by atoms with Crippen molar-refractivity contribution in [1.29, 1.82) is 0 Å². The summed E-state index contributed by atoms with van der Waals surface area (Å²) in [6, 6.07) is 6.37. The number of hydrogen-bond donors (Lipinski definition) is 1. The predicted molar refractivity (Wildman–Crippen MR) is 114 cm³/mol. The van der Waals surface area contributed by atoms with E-state index in [1.165, 1.54) is 16.7 Å². The molecule has 1 aromatic carbocycles. The van der Waals surface area contributed by atoms with E-state index in [1.54, 1.807) is 0 Å². The number of carbonyl (C=O) groups is 1. The zero-order valence-electron chi connectivity index (χ0n) is 15.8. The van der Waals surface area contributed by atoms with E-state index in [9.17, 15) is 9.18 Å². The Kier molecular flexibility index (Phi) is 8.58. The molecule has 4 atom stereocenters. The molecule has 0 saturated heterocycles. The molecule has 1 saturated carbocycles. The number of hydrogen-bond acceptors (Lipinski definition) is 1. The predicted octanol–water partition coefficient (Wildman–Crippen LogP) is 6.22. The fourth-order valence-corrected chi connectivity index (χ4v) is 5.29. The summed E-state index contributed by atoms with van der Waals surface area (Å²) in [4.78, 5) is 10.5. The van der Waals surface area contributed by atoms with Gasteiger partial charge in [-0.15, -0.1) is 0 Å². The Bertz CT molecular complexity index is 608. The lowest BCUT2D eigenvalue weighted by Gasteiger charge is -2.21. The van der Waals surface area contributed by atoms with Gasteiger partial charge in [-0.25, -0.2) is 4.39 Å². The topological polar surface area (TPSA) is 37.3 Å². The number of halogens is 2. The van der Waals surface area contributed by atoms with Crippen LogP contribution in [-0.4, -0.2) is 21.2 Å². The van der Waals surface area contributed by atoms with Crippen LogP contribution in [0.15, 0.2) is 30.4 Å². The van der Waals surface area contributed by atoms with Crippen LogP contribution in [0.2, 0.25) is 0 Å². The van der Waals surface area contributed by atoms with Gasteiger partial charge < -0.3 is 5.11 Å². The van der Waals surface area contributed by atoms with Crippen LogP contribution in [0.5, 0.6) is 0 Å². The van der Waals surface area contributed by atoms with Crippen molar-refractivity contribution in [2.45, 2.75) is 68.9 Å². The molecule has 0 spiro atoms.